The van der Waals surface area contributed by atoms with Crippen molar-refractivity contribution in [1.82, 2.24) is 10.2 Å². The maximum absolute atomic E-state index is 14.3. The highest BCUT2D eigenvalue weighted by Crippen LogP contribution is 2.36. The molecule has 2 amide bonds. The van der Waals surface area contributed by atoms with E-state index in [2.05, 4.69) is 15.3 Å². The van der Waals surface area contributed by atoms with Gasteiger partial charge in [-0.3, -0.25) is 14.5 Å². The summed E-state index contributed by atoms with van der Waals surface area (Å²) in [5, 5.41) is 18.5. The average molecular weight is 570 g/mol. The van der Waals surface area contributed by atoms with Crippen molar-refractivity contribution in [3.8, 4) is 17.2 Å². The van der Waals surface area contributed by atoms with E-state index in [1.165, 1.54) is 17.0 Å². The van der Waals surface area contributed by atoms with Crippen molar-refractivity contribution < 1.29 is 28.9 Å². The summed E-state index contributed by atoms with van der Waals surface area (Å²) in [5.41, 5.74) is 10.0. The molecule has 3 aromatic rings. The van der Waals surface area contributed by atoms with Crippen LogP contribution in [0.2, 0.25) is 0 Å². The monoisotopic (exact) mass is 569 g/mol. The van der Waals surface area contributed by atoms with Crippen molar-refractivity contribution in [3.63, 3.8) is 0 Å². The van der Waals surface area contributed by atoms with E-state index in [4.69, 9.17) is 19.7 Å². The molecule has 0 aromatic heterocycles. The van der Waals surface area contributed by atoms with Gasteiger partial charge in [0.15, 0.2) is 23.0 Å². The molecular formula is C31H31N5O6. The summed E-state index contributed by atoms with van der Waals surface area (Å²) in [6, 6.07) is 18.0. The Bertz CT molecular complexity index is 1540. The number of rotatable bonds is 9. The quantitative estimate of drug-likeness (QED) is 0.100. The fourth-order valence-corrected chi connectivity index (χ4v) is 5.14. The molecule has 1 heterocycles. The van der Waals surface area contributed by atoms with Crippen molar-refractivity contribution in [2.24, 2.45) is 5.11 Å². The Kier molecular flexibility index (Phi) is 8.79. The molecule has 0 spiro atoms. The molecular weight excluding hydrogens is 538 g/mol. The summed E-state index contributed by atoms with van der Waals surface area (Å²) in [6.07, 6.45) is 4.65. The largest absolute Gasteiger partial charge is 0.505 e. The van der Waals surface area contributed by atoms with Crippen LogP contribution in [0.15, 0.2) is 77.5 Å². The Morgan fingerprint density at radius 1 is 1.05 bits per heavy atom. The van der Waals surface area contributed by atoms with Crippen LogP contribution in [0.4, 0.5) is 5.69 Å². The second-order valence-corrected chi connectivity index (χ2v) is 10.0. The first-order valence-corrected chi connectivity index (χ1v) is 13.7. The number of azide groups is 1. The summed E-state index contributed by atoms with van der Waals surface area (Å²) in [7, 11) is 1.55. The third-order valence-electron chi connectivity index (χ3n) is 7.33. The Hall–Kier alpha value is -5.15. The number of nitrogens with one attached hydrogen (secondary N) is 1. The highest BCUT2D eigenvalue weighted by Gasteiger charge is 2.32. The summed E-state index contributed by atoms with van der Waals surface area (Å²) >= 11 is 0. The topological polar surface area (TPSA) is 146 Å². The summed E-state index contributed by atoms with van der Waals surface area (Å²) in [4.78, 5) is 32.4. The van der Waals surface area contributed by atoms with Gasteiger partial charge in [-0.25, -0.2) is 0 Å². The number of aliphatic hydroxyl groups is 1. The number of nitrogens with zero attached hydrogens (tertiary/aromatic N) is 4. The van der Waals surface area contributed by atoms with Gasteiger partial charge < -0.3 is 24.6 Å². The number of hydrogen-bond donors (Lipinski definition) is 2. The van der Waals surface area contributed by atoms with E-state index in [0.717, 1.165) is 32.1 Å². The molecule has 0 radical (unpaired) electrons. The van der Waals surface area contributed by atoms with Gasteiger partial charge in [0.1, 0.15) is 5.75 Å². The molecule has 11 heteroatoms. The molecule has 3 aromatic carbocycles. The zero-order valence-electron chi connectivity index (χ0n) is 23.2. The van der Waals surface area contributed by atoms with Gasteiger partial charge in [0.25, 0.3) is 11.8 Å². The van der Waals surface area contributed by atoms with Crippen molar-refractivity contribution >= 4 is 23.3 Å². The molecule has 1 fully saturated rings. The number of aliphatic hydroxyl groups excluding tert-OH is 1. The van der Waals surface area contributed by atoms with Crippen LogP contribution in [-0.4, -0.2) is 41.8 Å². The molecule has 5 rings (SSSR count). The van der Waals surface area contributed by atoms with Crippen LogP contribution in [0.1, 0.15) is 53.6 Å². The van der Waals surface area contributed by atoms with Gasteiger partial charge in [-0.1, -0.05) is 54.7 Å². The maximum Gasteiger partial charge on any atom is 0.272 e. The number of methoxy groups -OCH3 is 1. The van der Waals surface area contributed by atoms with Crippen LogP contribution in [0, 0.1) is 0 Å². The number of carbonyl (C=O) groups excluding carboxylic acids is 2. The highest BCUT2D eigenvalue weighted by molar-refractivity contribution is 6.08. The number of benzene rings is 3. The number of hydrogen-bond acceptors (Lipinski definition) is 7. The highest BCUT2D eigenvalue weighted by atomic mass is 16.7. The lowest BCUT2D eigenvalue weighted by atomic mass is 9.95. The van der Waals surface area contributed by atoms with Crippen LogP contribution < -0.4 is 19.5 Å². The van der Waals surface area contributed by atoms with E-state index in [0.29, 0.717) is 22.8 Å². The van der Waals surface area contributed by atoms with Crippen molar-refractivity contribution in [1.29, 1.82) is 0 Å². The minimum atomic E-state index is -0.630. The molecule has 11 nitrogen and oxygen atoms in total. The Morgan fingerprint density at radius 2 is 1.79 bits per heavy atom. The fourth-order valence-electron chi connectivity index (χ4n) is 5.14. The standard InChI is InChI=1S/C31H31N5O6/c1-40-23-14-11-20(12-15-23)18-36(31(39)24-9-5-6-10-25(24)34-35-32)28(30(38)33-22-7-3-2-4-8-22)29(37)21-13-16-26-27(17-21)42-19-41-26/h5-6,9-17,22,37H,2-4,7-8,18-19H2,1H3,(H,33,38)/b29-28+. The molecule has 2 aliphatic rings. The number of carbonyl (C=O) groups is 2. The third kappa shape index (κ3) is 6.26. The van der Waals surface area contributed by atoms with Gasteiger partial charge in [-0.2, -0.15) is 0 Å². The minimum Gasteiger partial charge on any atom is -0.505 e. The lowest BCUT2D eigenvalue weighted by Crippen LogP contribution is -2.43. The Morgan fingerprint density at radius 3 is 2.52 bits per heavy atom. The first kappa shape index (κ1) is 28.4. The molecule has 0 atom stereocenters. The van der Waals surface area contributed by atoms with E-state index in [1.54, 1.807) is 61.7 Å². The smallest absolute Gasteiger partial charge is 0.272 e. The minimum absolute atomic E-state index is 0.0383. The van der Waals surface area contributed by atoms with Crippen LogP contribution >= 0.6 is 0 Å². The number of ether oxygens (including phenoxy) is 3. The second-order valence-electron chi connectivity index (χ2n) is 10.0. The van der Waals surface area contributed by atoms with Gasteiger partial charge in [0.2, 0.25) is 6.79 Å². The van der Waals surface area contributed by atoms with Crippen LogP contribution in [0.5, 0.6) is 17.2 Å². The van der Waals surface area contributed by atoms with E-state index >= 15 is 0 Å². The lowest BCUT2D eigenvalue weighted by Gasteiger charge is -2.29. The van der Waals surface area contributed by atoms with Crippen LogP contribution in [0.3, 0.4) is 0 Å². The van der Waals surface area contributed by atoms with Gasteiger partial charge in [-0.15, -0.1) is 0 Å². The first-order chi connectivity index (χ1) is 20.5. The molecule has 2 N–H and O–H groups in total. The predicted octanol–water partition coefficient (Wildman–Crippen LogP) is 6.38. The molecule has 1 saturated carbocycles. The molecule has 42 heavy (non-hydrogen) atoms. The molecule has 0 unspecified atom stereocenters. The zero-order chi connectivity index (χ0) is 29.5. The molecule has 1 aliphatic carbocycles. The maximum atomic E-state index is 14.3. The lowest BCUT2D eigenvalue weighted by molar-refractivity contribution is -0.119. The molecule has 216 valence electrons. The second kappa shape index (κ2) is 13.0. The van der Waals surface area contributed by atoms with E-state index < -0.39 is 17.6 Å². The fraction of sp³-hybridized carbons (Fsp3) is 0.290. The SMILES string of the molecule is COc1ccc(CN(C(=O)c2ccccc2N=[N+]=[N-])/C(C(=O)NC2CCCCC2)=C(/O)c2ccc3c(c2)OCO3)cc1. The van der Waals surface area contributed by atoms with Crippen molar-refractivity contribution in [3.05, 3.63) is 99.6 Å². The summed E-state index contributed by atoms with van der Waals surface area (Å²) in [5.74, 6) is -0.0961. The molecule has 1 aliphatic heterocycles. The first-order valence-electron chi connectivity index (χ1n) is 13.7. The number of amides is 2. The normalized spacial score (nSPS) is 14.8. The van der Waals surface area contributed by atoms with Crippen LogP contribution in [0.25, 0.3) is 16.2 Å². The van der Waals surface area contributed by atoms with Crippen LogP contribution in [-0.2, 0) is 11.3 Å². The summed E-state index contributed by atoms with van der Waals surface area (Å²) < 4.78 is 16.2. The molecule has 0 saturated heterocycles. The van der Waals surface area contributed by atoms with Gasteiger partial charge in [0.05, 0.1) is 19.3 Å². The van der Waals surface area contributed by atoms with Gasteiger partial charge in [-0.05, 0) is 60.3 Å². The number of fused-ring (bicyclic) bond motifs is 1. The van der Waals surface area contributed by atoms with Gasteiger partial charge >= 0.3 is 0 Å². The summed E-state index contributed by atoms with van der Waals surface area (Å²) in [6.45, 7) is -0.0357. The third-order valence-corrected chi connectivity index (χ3v) is 7.33. The van der Waals surface area contributed by atoms with E-state index in [9.17, 15) is 14.7 Å². The van der Waals surface area contributed by atoms with E-state index in [1.807, 2.05) is 0 Å². The van der Waals surface area contributed by atoms with Gasteiger partial charge in [0, 0.05) is 22.1 Å². The Balaban J connectivity index is 1.65. The van der Waals surface area contributed by atoms with Crippen molar-refractivity contribution in [2.75, 3.05) is 13.9 Å². The van der Waals surface area contributed by atoms with E-state index in [-0.39, 0.29) is 41.9 Å². The average Bonchev–Trinajstić information content (AvgIpc) is 3.50. The zero-order valence-corrected chi connectivity index (χ0v) is 23.2. The van der Waals surface area contributed by atoms with Crippen molar-refractivity contribution in [2.45, 2.75) is 44.7 Å². The predicted molar refractivity (Wildman–Crippen MR) is 155 cm³/mol. The molecule has 0 bridgehead atoms. The Labute approximate surface area is 242 Å².